The summed E-state index contributed by atoms with van der Waals surface area (Å²) in [5, 5.41) is 6.78. The number of ether oxygens (including phenoxy) is 1. The molecule has 0 spiro atoms. The third kappa shape index (κ3) is 2.01. The second kappa shape index (κ2) is 4.71. The molecule has 2 aromatic heterocycles. The van der Waals surface area contributed by atoms with Gasteiger partial charge in [0.05, 0.1) is 25.4 Å². The Kier molecular flexibility index (Phi) is 3.11. The van der Waals surface area contributed by atoms with Crippen LogP contribution in [-0.4, -0.2) is 29.3 Å². The van der Waals surface area contributed by atoms with Crippen molar-refractivity contribution in [3.8, 4) is 17.2 Å². The maximum absolute atomic E-state index is 5.16. The van der Waals surface area contributed by atoms with Gasteiger partial charge in [0.2, 0.25) is 0 Å². The van der Waals surface area contributed by atoms with Crippen LogP contribution in [0.2, 0.25) is 0 Å². The Morgan fingerprint density at radius 3 is 3.12 bits per heavy atom. The average Bonchev–Trinajstić information content (AvgIpc) is 2.78. The van der Waals surface area contributed by atoms with Crippen molar-refractivity contribution in [1.82, 2.24) is 20.4 Å². The molecule has 2 rings (SSSR count). The molecule has 0 atom stereocenters. The van der Waals surface area contributed by atoms with E-state index < -0.39 is 0 Å². The summed E-state index contributed by atoms with van der Waals surface area (Å²) in [7, 11) is 3.40. The number of nitrogens with zero attached hydrogens (tertiary/aromatic N) is 3. The number of methoxy groups -OCH3 is 1. The minimum Gasteiger partial charge on any atom is -0.494 e. The molecule has 0 fully saturated rings. The van der Waals surface area contributed by atoms with Gasteiger partial charge in [-0.05, 0) is 13.1 Å². The molecular formula is C10H12N4O2. The van der Waals surface area contributed by atoms with Crippen LogP contribution in [0, 0.1) is 0 Å². The van der Waals surface area contributed by atoms with Gasteiger partial charge < -0.3 is 14.6 Å². The molecule has 0 radical (unpaired) electrons. The van der Waals surface area contributed by atoms with Gasteiger partial charge in [-0.25, -0.2) is 0 Å². The number of hydrogen-bond donors (Lipinski definition) is 1. The van der Waals surface area contributed by atoms with Crippen molar-refractivity contribution < 1.29 is 9.26 Å². The Morgan fingerprint density at radius 2 is 2.38 bits per heavy atom. The van der Waals surface area contributed by atoms with Crippen LogP contribution in [0.3, 0.4) is 0 Å². The summed E-state index contributed by atoms with van der Waals surface area (Å²) >= 11 is 0. The molecule has 0 saturated heterocycles. The number of aromatic nitrogens is 3. The molecule has 0 bridgehead atoms. The van der Waals surface area contributed by atoms with Crippen molar-refractivity contribution in [3.63, 3.8) is 0 Å². The SMILES string of the molecule is CNCc1noc(-c2ccncc2OC)n1. The Balaban J connectivity index is 2.34. The minimum atomic E-state index is 0.435. The van der Waals surface area contributed by atoms with E-state index in [-0.39, 0.29) is 0 Å². The first-order valence-electron chi connectivity index (χ1n) is 4.80. The molecule has 0 aliphatic heterocycles. The molecule has 0 amide bonds. The van der Waals surface area contributed by atoms with E-state index >= 15 is 0 Å². The Bertz CT molecular complexity index is 469. The van der Waals surface area contributed by atoms with E-state index in [1.807, 2.05) is 7.05 Å². The van der Waals surface area contributed by atoms with Gasteiger partial charge in [0.25, 0.3) is 5.89 Å². The molecule has 2 heterocycles. The average molecular weight is 220 g/mol. The molecular weight excluding hydrogens is 208 g/mol. The van der Waals surface area contributed by atoms with Crippen LogP contribution < -0.4 is 10.1 Å². The lowest BCUT2D eigenvalue weighted by Crippen LogP contribution is -2.06. The highest BCUT2D eigenvalue weighted by Crippen LogP contribution is 2.26. The molecule has 1 N–H and O–H groups in total. The van der Waals surface area contributed by atoms with Crippen molar-refractivity contribution in [1.29, 1.82) is 0 Å². The highest BCUT2D eigenvalue weighted by atomic mass is 16.5. The fourth-order valence-corrected chi connectivity index (χ4v) is 1.31. The fourth-order valence-electron chi connectivity index (χ4n) is 1.31. The molecule has 16 heavy (non-hydrogen) atoms. The summed E-state index contributed by atoms with van der Waals surface area (Å²) in [6, 6.07) is 1.77. The van der Waals surface area contributed by atoms with Crippen LogP contribution in [-0.2, 0) is 6.54 Å². The van der Waals surface area contributed by atoms with Crippen molar-refractivity contribution in [2.45, 2.75) is 6.54 Å². The first-order chi connectivity index (χ1) is 7.85. The van der Waals surface area contributed by atoms with E-state index in [4.69, 9.17) is 9.26 Å². The number of rotatable bonds is 4. The maximum atomic E-state index is 5.16. The van der Waals surface area contributed by atoms with Gasteiger partial charge in [-0.1, -0.05) is 5.16 Å². The van der Waals surface area contributed by atoms with Gasteiger partial charge in [0.1, 0.15) is 5.75 Å². The van der Waals surface area contributed by atoms with Crippen LogP contribution in [0.5, 0.6) is 5.75 Å². The highest BCUT2D eigenvalue weighted by Gasteiger charge is 2.12. The summed E-state index contributed by atoms with van der Waals surface area (Å²) in [4.78, 5) is 8.19. The van der Waals surface area contributed by atoms with Crippen molar-refractivity contribution in [3.05, 3.63) is 24.3 Å². The first kappa shape index (κ1) is 10.6. The van der Waals surface area contributed by atoms with Gasteiger partial charge in [-0.2, -0.15) is 4.98 Å². The third-order valence-electron chi connectivity index (χ3n) is 2.04. The molecule has 0 unspecified atom stereocenters. The Hall–Kier alpha value is -1.95. The fraction of sp³-hybridized carbons (Fsp3) is 0.300. The molecule has 2 aromatic rings. The highest BCUT2D eigenvalue weighted by molar-refractivity contribution is 5.61. The lowest BCUT2D eigenvalue weighted by Gasteiger charge is -2.01. The summed E-state index contributed by atoms with van der Waals surface area (Å²) in [5.74, 6) is 1.66. The third-order valence-corrected chi connectivity index (χ3v) is 2.04. The van der Waals surface area contributed by atoms with E-state index in [2.05, 4.69) is 20.4 Å². The van der Waals surface area contributed by atoms with Gasteiger partial charge in [-0.3, -0.25) is 4.98 Å². The van der Waals surface area contributed by atoms with E-state index in [1.54, 1.807) is 25.6 Å². The molecule has 0 aromatic carbocycles. The van der Waals surface area contributed by atoms with Gasteiger partial charge in [0, 0.05) is 6.20 Å². The molecule has 0 aliphatic rings. The number of pyridine rings is 1. The molecule has 6 heteroatoms. The first-order valence-corrected chi connectivity index (χ1v) is 4.80. The molecule has 0 aliphatic carbocycles. The lowest BCUT2D eigenvalue weighted by atomic mass is 10.2. The molecule has 6 nitrogen and oxygen atoms in total. The molecule has 0 saturated carbocycles. The number of nitrogens with one attached hydrogen (secondary N) is 1. The van der Waals surface area contributed by atoms with Crippen molar-refractivity contribution >= 4 is 0 Å². The lowest BCUT2D eigenvalue weighted by molar-refractivity contribution is 0.401. The second-order valence-electron chi connectivity index (χ2n) is 3.12. The largest absolute Gasteiger partial charge is 0.494 e. The summed E-state index contributed by atoms with van der Waals surface area (Å²) in [6.45, 7) is 0.566. The van der Waals surface area contributed by atoms with Gasteiger partial charge in [0.15, 0.2) is 5.82 Å². The van der Waals surface area contributed by atoms with E-state index in [0.717, 1.165) is 5.56 Å². The number of hydrogen-bond acceptors (Lipinski definition) is 6. The molecule has 84 valence electrons. The zero-order valence-corrected chi connectivity index (χ0v) is 9.10. The normalized spacial score (nSPS) is 10.4. The predicted molar refractivity (Wildman–Crippen MR) is 56.8 cm³/mol. The van der Waals surface area contributed by atoms with Crippen molar-refractivity contribution in [2.24, 2.45) is 0 Å². The van der Waals surface area contributed by atoms with Gasteiger partial charge >= 0.3 is 0 Å². The van der Waals surface area contributed by atoms with Crippen molar-refractivity contribution in [2.75, 3.05) is 14.2 Å². The van der Waals surface area contributed by atoms with Crippen LogP contribution in [0.4, 0.5) is 0 Å². The summed E-state index contributed by atoms with van der Waals surface area (Å²) < 4.78 is 10.3. The van der Waals surface area contributed by atoms with E-state index in [1.165, 1.54) is 0 Å². The summed E-state index contributed by atoms with van der Waals surface area (Å²) in [5.41, 5.74) is 0.743. The zero-order valence-electron chi connectivity index (χ0n) is 9.10. The van der Waals surface area contributed by atoms with Crippen LogP contribution in [0.25, 0.3) is 11.5 Å². The Morgan fingerprint density at radius 1 is 1.50 bits per heavy atom. The van der Waals surface area contributed by atoms with E-state index in [0.29, 0.717) is 24.0 Å². The van der Waals surface area contributed by atoms with E-state index in [9.17, 15) is 0 Å². The monoisotopic (exact) mass is 220 g/mol. The standard InChI is InChI=1S/C10H12N4O2/c1-11-6-9-13-10(16-14-9)7-3-4-12-5-8(7)15-2/h3-5,11H,6H2,1-2H3. The minimum absolute atomic E-state index is 0.435. The second-order valence-corrected chi connectivity index (χ2v) is 3.12. The predicted octanol–water partition coefficient (Wildman–Crippen LogP) is 0.860. The topological polar surface area (TPSA) is 73.1 Å². The summed E-state index contributed by atoms with van der Waals surface area (Å²) in [6.07, 6.45) is 3.26. The zero-order chi connectivity index (χ0) is 11.4. The Labute approximate surface area is 92.7 Å². The van der Waals surface area contributed by atoms with Crippen LogP contribution in [0.15, 0.2) is 23.0 Å². The van der Waals surface area contributed by atoms with Crippen LogP contribution >= 0.6 is 0 Å². The smallest absolute Gasteiger partial charge is 0.261 e. The van der Waals surface area contributed by atoms with Gasteiger partial charge in [-0.15, -0.1) is 0 Å². The quantitative estimate of drug-likeness (QED) is 0.823. The van der Waals surface area contributed by atoms with Crippen LogP contribution in [0.1, 0.15) is 5.82 Å². The maximum Gasteiger partial charge on any atom is 0.261 e.